The lowest BCUT2D eigenvalue weighted by molar-refractivity contribution is -0.117. The van der Waals surface area contributed by atoms with Crippen LogP contribution in [0.5, 0.6) is 0 Å². The number of methoxy groups -OCH3 is 1. The molecule has 1 amide bonds. The molecular formula is C19H18ClNO3. The summed E-state index contributed by atoms with van der Waals surface area (Å²) in [5.41, 5.74) is 2.78. The third-order valence-electron chi connectivity index (χ3n) is 4.33. The van der Waals surface area contributed by atoms with E-state index in [9.17, 15) is 9.59 Å². The van der Waals surface area contributed by atoms with Gasteiger partial charge in [0.2, 0.25) is 5.91 Å². The normalized spacial score (nSPS) is 18.8. The van der Waals surface area contributed by atoms with Gasteiger partial charge in [-0.05, 0) is 48.6 Å². The number of ether oxygens (including phenoxy) is 1. The van der Waals surface area contributed by atoms with E-state index in [1.54, 1.807) is 12.1 Å². The first-order valence-electron chi connectivity index (χ1n) is 7.75. The van der Waals surface area contributed by atoms with Crippen molar-refractivity contribution in [1.82, 2.24) is 0 Å². The predicted octanol–water partition coefficient (Wildman–Crippen LogP) is 4.18. The quantitative estimate of drug-likeness (QED) is 0.847. The predicted molar refractivity (Wildman–Crippen MR) is 93.4 cm³/mol. The molecule has 0 saturated heterocycles. The van der Waals surface area contributed by atoms with Crippen molar-refractivity contribution in [1.29, 1.82) is 0 Å². The molecule has 4 nitrogen and oxygen atoms in total. The third-order valence-corrected chi connectivity index (χ3v) is 4.57. The first-order valence-corrected chi connectivity index (χ1v) is 8.13. The fraction of sp³-hybridized carbons (Fsp3) is 0.263. The van der Waals surface area contributed by atoms with Gasteiger partial charge in [0.15, 0.2) is 0 Å². The van der Waals surface area contributed by atoms with Crippen LogP contribution in [0.1, 0.15) is 33.8 Å². The smallest absolute Gasteiger partial charge is 0.339 e. The largest absolute Gasteiger partial charge is 0.465 e. The van der Waals surface area contributed by atoms with Crippen molar-refractivity contribution in [2.75, 3.05) is 12.4 Å². The highest BCUT2D eigenvalue weighted by atomic mass is 35.5. The molecule has 124 valence electrons. The molecule has 2 aromatic carbocycles. The van der Waals surface area contributed by atoms with Gasteiger partial charge >= 0.3 is 5.97 Å². The third kappa shape index (κ3) is 3.29. The number of rotatable bonds is 4. The molecule has 1 aliphatic rings. The number of nitrogens with one attached hydrogen (secondary N) is 1. The summed E-state index contributed by atoms with van der Waals surface area (Å²) in [6.07, 6.45) is 0.783. The van der Waals surface area contributed by atoms with Crippen molar-refractivity contribution >= 4 is 29.2 Å². The molecule has 1 saturated carbocycles. The minimum absolute atomic E-state index is 0.0839. The zero-order chi connectivity index (χ0) is 17.3. The monoisotopic (exact) mass is 343 g/mol. The van der Waals surface area contributed by atoms with E-state index < -0.39 is 5.97 Å². The molecule has 0 radical (unpaired) electrons. The van der Waals surface area contributed by atoms with Crippen LogP contribution in [0.3, 0.4) is 0 Å². The Kier molecular flexibility index (Phi) is 4.58. The summed E-state index contributed by atoms with van der Waals surface area (Å²) in [5, 5.41) is 3.57. The standard InChI is InChI=1S/C19H18ClNO3/c1-11-5-3-8-14(19(23)24-2)17(11)21-18(22)16-10-15(16)12-6-4-7-13(20)9-12/h3-9,15-16H,10H2,1-2H3,(H,21,22). The van der Waals surface area contributed by atoms with Crippen LogP contribution in [0.4, 0.5) is 5.69 Å². The van der Waals surface area contributed by atoms with Gasteiger partial charge in [-0.25, -0.2) is 4.79 Å². The van der Waals surface area contributed by atoms with E-state index in [4.69, 9.17) is 16.3 Å². The number of hydrogen-bond acceptors (Lipinski definition) is 3. The molecule has 0 spiro atoms. The van der Waals surface area contributed by atoms with Gasteiger partial charge in [0, 0.05) is 10.9 Å². The fourth-order valence-electron chi connectivity index (χ4n) is 2.92. The summed E-state index contributed by atoms with van der Waals surface area (Å²) in [4.78, 5) is 24.5. The lowest BCUT2D eigenvalue weighted by Crippen LogP contribution is -2.18. The fourth-order valence-corrected chi connectivity index (χ4v) is 3.12. The Morgan fingerprint density at radius 1 is 1.21 bits per heavy atom. The summed E-state index contributed by atoms with van der Waals surface area (Å²) in [6, 6.07) is 12.9. The number of anilines is 1. The molecule has 24 heavy (non-hydrogen) atoms. The van der Waals surface area contributed by atoms with Crippen molar-refractivity contribution in [3.8, 4) is 0 Å². The number of esters is 1. The van der Waals surface area contributed by atoms with Gasteiger partial charge in [0.25, 0.3) is 0 Å². The molecule has 0 aliphatic heterocycles. The maximum Gasteiger partial charge on any atom is 0.339 e. The first kappa shape index (κ1) is 16.5. The Hall–Kier alpha value is -2.33. The summed E-state index contributed by atoms with van der Waals surface area (Å²) < 4.78 is 4.79. The molecule has 1 aliphatic carbocycles. The minimum atomic E-state index is -0.462. The van der Waals surface area contributed by atoms with Crippen LogP contribution in [0.25, 0.3) is 0 Å². The lowest BCUT2D eigenvalue weighted by Gasteiger charge is -2.12. The van der Waals surface area contributed by atoms with E-state index in [0.717, 1.165) is 17.5 Å². The van der Waals surface area contributed by atoms with Crippen LogP contribution < -0.4 is 5.32 Å². The zero-order valence-electron chi connectivity index (χ0n) is 13.5. The van der Waals surface area contributed by atoms with Crippen molar-refractivity contribution in [2.45, 2.75) is 19.3 Å². The SMILES string of the molecule is COC(=O)c1cccc(C)c1NC(=O)C1CC1c1cccc(Cl)c1. The number of hydrogen-bond donors (Lipinski definition) is 1. The molecule has 1 fully saturated rings. The number of aryl methyl sites for hydroxylation is 1. The van der Waals surface area contributed by atoms with E-state index >= 15 is 0 Å². The second kappa shape index (κ2) is 6.65. The van der Waals surface area contributed by atoms with E-state index in [0.29, 0.717) is 16.3 Å². The topological polar surface area (TPSA) is 55.4 Å². The van der Waals surface area contributed by atoms with Crippen LogP contribution in [0.2, 0.25) is 5.02 Å². The summed E-state index contributed by atoms with van der Waals surface area (Å²) in [7, 11) is 1.33. The number of carbonyl (C=O) groups is 2. The van der Waals surface area contributed by atoms with Crippen molar-refractivity contribution in [2.24, 2.45) is 5.92 Å². The minimum Gasteiger partial charge on any atom is -0.465 e. The van der Waals surface area contributed by atoms with Crippen molar-refractivity contribution < 1.29 is 14.3 Å². The number of amides is 1. The van der Waals surface area contributed by atoms with Crippen LogP contribution in [-0.2, 0) is 9.53 Å². The highest BCUT2D eigenvalue weighted by molar-refractivity contribution is 6.30. The highest BCUT2D eigenvalue weighted by Gasteiger charge is 2.44. The lowest BCUT2D eigenvalue weighted by atomic mass is 10.1. The van der Waals surface area contributed by atoms with Crippen LogP contribution in [0, 0.1) is 12.8 Å². The van der Waals surface area contributed by atoms with Gasteiger partial charge in [-0.15, -0.1) is 0 Å². The van der Waals surface area contributed by atoms with E-state index in [-0.39, 0.29) is 17.7 Å². The van der Waals surface area contributed by atoms with Gasteiger partial charge in [-0.2, -0.15) is 0 Å². The zero-order valence-corrected chi connectivity index (χ0v) is 14.3. The average molecular weight is 344 g/mol. The summed E-state index contributed by atoms with van der Waals surface area (Å²) >= 11 is 6.01. The Bertz CT molecular complexity index is 803. The second-order valence-electron chi connectivity index (χ2n) is 5.98. The average Bonchev–Trinajstić information content (AvgIpc) is 3.36. The number of carbonyl (C=O) groups excluding carboxylic acids is 2. The maximum atomic E-state index is 12.6. The van der Waals surface area contributed by atoms with Crippen LogP contribution in [0.15, 0.2) is 42.5 Å². The van der Waals surface area contributed by atoms with Crippen molar-refractivity contribution in [3.05, 3.63) is 64.2 Å². The van der Waals surface area contributed by atoms with Crippen molar-refractivity contribution in [3.63, 3.8) is 0 Å². The Morgan fingerprint density at radius 2 is 1.96 bits per heavy atom. The number of halogens is 1. The molecule has 3 rings (SSSR count). The summed E-state index contributed by atoms with van der Waals surface area (Å²) in [6.45, 7) is 1.85. The van der Waals surface area contributed by atoms with Gasteiger partial charge in [-0.1, -0.05) is 35.9 Å². The van der Waals surface area contributed by atoms with Crippen LogP contribution in [-0.4, -0.2) is 19.0 Å². The van der Waals surface area contributed by atoms with Gasteiger partial charge in [0.05, 0.1) is 18.4 Å². The highest BCUT2D eigenvalue weighted by Crippen LogP contribution is 2.48. The molecular weight excluding hydrogens is 326 g/mol. The number of benzene rings is 2. The maximum absolute atomic E-state index is 12.6. The Labute approximate surface area is 145 Å². The van der Waals surface area contributed by atoms with Gasteiger partial charge in [0.1, 0.15) is 0 Å². The number of para-hydroxylation sites is 1. The summed E-state index contributed by atoms with van der Waals surface area (Å²) in [5.74, 6) is -0.474. The Balaban J connectivity index is 1.76. The molecule has 2 unspecified atom stereocenters. The molecule has 1 N–H and O–H groups in total. The molecule has 0 heterocycles. The second-order valence-corrected chi connectivity index (χ2v) is 6.42. The molecule has 2 atom stereocenters. The van der Waals surface area contributed by atoms with E-state index in [1.165, 1.54) is 7.11 Å². The first-order chi connectivity index (χ1) is 11.5. The van der Waals surface area contributed by atoms with Gasteiger partial charge < -0.3 is 10.1 Å². The van der Waals surface area contributed by atoms with E-state index in [2.05, 4.69) is 5.32 Å². The molecule has 0 aromatic heterocycles. The van der Waals surface area contributed by atoms with Crippen LogP contribution >= 0.6 is 11.6 Å². The molecule has 0 bridgehead atoms. The molecule has 2 aromatic rings. The Morgan fingerprint density at radius 3 is 2.67 bits per heavy atom. The molecule has 5 heteroatoms. The van der Waals surface area contributed by atoms with Gasteiger partial charge in [-0.3, -0.25) is 4.79 Å². The van der Waals surface area contributed by atoms with E-state index in [1.807, 2.05) is 37.3 Å².